The van der Waals surface area contributed by atoms with Crippen molar-refractivity contribution in [3.05, 3.63) is 51.5 Å². The lowest BCUT2D eigenvalue weighted by molar-refractivity contribution is -0.144. The Bertz CT molecular complexity index is 1090. The van der Waals surface area contributed by atoms with Crippen molar-refractivity contribution in [3.8, 4) is 5.75 Å². The van der Waals surface area contributed by atoms with Gasteiger partial charge in [0.2, 0.25) is 5.91 Å². The van der Waals surface area contributed by atoms with E-state index in [2.05, 4.69) is 5.32 Å². The summed E-state index contributed by atoms with van der Waals surface area (Å²) in [6.45, 7) is 3.46. The molecule has 0 spiro atoms. The minimum Gasteiger partial charge on any atom is -0.534 e. The number of carbonyl (C=O) groups is 2. The Hall–Kier alpha value is -3.22. The average Bonchev–Trinajstić information content (AvgIpc) is 3.08. The van der Waals surface area contributed by atoms with Crippen molar-refractivity contribution in [1.29, 1.82) is 0 Å². The number of hydrogen-bond acceptors (Lipinski definition) is 8. The molecule has 0 aliphatic carbocycles. The number of carbonyl (C=O) groups excluding carboxylic acids is 2. The number of nitrogens with one attached hydrogen (secondary N) is 1. The molecule has 0 unspecified atom stereocenters. The fraction of sp³-hybridized carbons (Fsp3) is 0.476. The average molecular weight is 485 g/mol. The van der Waals surface area contributed by atoms with Crippen LogP contribution in [0.3, 0.4) is 0 Å². The zero-order chi connectivity index (χ0) is 25.0. The number of halogens is 3. The van der Waals surface area contributed by atoms with E-state index in [-0.39, 0.29) is 41.8 Å². The molecule has 0 fully saturated rings. The van der Waals surface area contributed by atoms with Crippen molar-refractivity contribution in [3.63, 3.8) is 0 Å². The topological polar surface area (TPSA) is 128 Å². The van der Waals surface area contributed by atoms with Crippen molar-refractivity contribution in [2.24, 2.45) is 5.92 Å². The number of para-hydroxylation sites is 1. The van der Waals surface area contributed by atoms with Gasteiger partial charge in [-0.1, -0.05) is 26.0 Å². The maximum absolute atomic E-state index is 12.7. The standard InChI is InChI=1S/C21H23BF3NO8/c1-11(2)8-14-15(33-20(29)32-14)10-31-19(28)13-5-3-4-12-9-16(22(30)34-18(12)13)26-17(27)6-7-21(23,24)25/h3-5,11,16,30H,6-10H2,1-2H3,(H,26,27)/t16-/m0/s1. The molecule has 1 atom stereocenters. The zero-order valence-corrected chi connectivity index (χ0v) is 18.4. The Kier molecular flexibility index (Phi) is 7.75. The van der Waals surface area contributed by atoms with E-state index < -0.39 is 49.8 Å². The van der Waals surface area contributed by atoms with Gasteiger partial charge < -0.3 is 28.6 Å². The molecule has 1 aromatic heterocycles. The largest absolute Gasteiger partial charge is 0.547 e. The minimum atomic E-state index is -4.48. The smallest absolute Gasteiger partial charge is 0.534 e. The predicted molar refractivity (Wildman–Crippen MR) is 111 cm³/mol. The van der Waals surface area contributed by atoms with E-state index in [4.69, 9.17) is 18.2 Å². The quantitative estimate of drug-likeness (QED) is 0.432. The highest BCUT2D eigenvalue weighted by Crippen LogP contribution is 2.31. The Labute approximate surface area is 192 Å². The summed E-state index contributed by atoms with van der Waals surface area (Å²) in [6.07, 6.45) is -6.12. The van der Waals surface area contributed by atoms with Gasteiger partial charge in [0.25, 0.3) is 0 Å². The van der Waals surface area contributed by atoms with E-state index in [0.717, 1.165) is 0 Å². The maximum Gasteiger partial charge on any atom is 0.547 e. The summed E-state index contributed by atoms with van der Waals surface area (Å²) in [4.78, 5) is 35.9. The highest BCUT2D eigenvalue weighted by molar-refractivity contribution is 6.47. The summed E-state index contributed by atoms with van der Waals surface area (Å²) in [7, 11) is -1.60. The number of fused-ring (bicyclic) bond motifs is 1. The third-order valence-corrected chi connectivity index (χ3v) is 4.97. The van der Waals surface area contributed by atoms with E-state index >= 15 is 0 Å². The monoisotopic (exact) mass is 485 g/mol. The van der Waals surface area contributed by atoms with Crippen molar-refractivity contribution >= 4 is 19.0 Å². The second-order valence-corrected chi connectivity index (χ2v) is 8.27. The molecule has 0 bridgehead atoms. The Morgan fingerprint density at radius 2 is 1.97 bits per heavy atom. The lowest BCUT2D eigenvalue weighted by atomic mass is 9.72. The first-order valence-electron chi connectivity index (χ1n) is 10.5. The molecule has 2 heterocycles. The Morgan fingerprint density at radius 1 is 1.26 bits per heavy atom. The summed E-state index contributed by atoms with van der Waals surface area (Å²) in [5, 5.41) is 12.6. The van der Waals surface area contributed by atoms with Gasteiger partial charge in [-0.3, -0.25) is 4.79 Å². The van der Waals surface area contributed by atoms with Crippen molar-refractivity contribution < 1.29 is 46.0 Å². The van der Waals surface area contributed by atoms with Crippen molar-refractivity contribution in [2.75, 3.05) is 0 Å². The highest BCUT2D eigenvalue weighted by atomic mass is 19.4. The first-order chi connectivity index (χ1) is 15.9. The molecule has 2 aromatic rings. The molecule has 1 aromatic carbocycles. The summed E-state index contributed by atoms with van der Waals surface area (Å²) in [6, 6.07) is 4.51. The third-order valence-electron chi connectivity index (χ3n) is 4.97. The van der Waals surface area contributed by atoms with Gasteiger partial charge in [0.05, 0.1) is 12.4 Å². The molecule has 13 heteroatoms. The number of alkyl halides is 3. The second kappa shape index (κ2) is 10.4. The molecule has 0 radical (unpaired) electrons. The van der Waals surface area contributed by atoms with Gasteiger partial charge in [0, 0.05) is 12.8 Å². The molecule has 2 N–H and O–H groups in total. The molecule has 9 nitrogen and oxygen atoms in total. The van der Waals surface area contributed by atoms with Crippen molar-refractivity contribution in [1.82, 2.24) is 5.32 Å². The fourth-order valence-electron chi connectivity index (χ4n) is 3.42. The predicted octanol–water partition coefficient (Wildman–Crippen LogP) is 2.57. The second-order valence-electron chi connectivity index (χ2n) is 8.27. The summed E-state index contributed by atoms with van der Waals surface area (Å²) < 4.78 is 57.5. The number of hydrogen-bond donors (Lipinski definition) is 2. The number of ether oxygens (including phenoxy) is 1. The van der Waals surface area contributed by atoms with Gasteiger partial charge >= 0.3 is 25.1 Å². The van der Waals surface area contributed by atoms with Gasteiger partial charge in [0.1, 0.15) is 11.3 Å². The number of rotatable bonds is 8. The third kappa shape index (κ3) is 6.66. The molecule has 184 valence electrons. The molecule has 1 aliphatic rings. The normalized spacial score (nSPS) is 15.6. The van der Waals surface area contributed by atoms with Crippen LogP contribution in [0.2, 0.25) is 0 Å². The molecule has 1 aliphatic heterocycles. The van der Waals surface area contributed by atoms with Crippen LogP contribution in [0.1, 0.15) is 54.1 Å². The Balaban J connectivity index is 1.67. The van der Waals surface area contributed by atoms with E-state index in [1.165, 1.54) is 12.1 Å². The van der Waals surface area contributed by atoms with Gasteiger partial charge in [-0.25, -0.2) is 9.59 Å². The van der Waals surface area contributed by atoms with Crippen LogP contribution in [0.5, 0.6) is 5.75 Å². The molecular formula is C21H23BF3NO8. The first-order valence-corrected chi connectivity index (χ1v) is 10.5. The van der Waals surface area contributed by atoms with Gasteiger partial charge in [0.15, 0.2) is 18.1 Å². The summed E-state index contributed by atoms with van der Waals surface area (Å²) >= 11 is 0. The molecule has 34 heavy (non-hydrogen) atoms. The van der Waals surface area contributed by atoms with Crippen LogP contribution < -0.4 is 15.8 Å². The van der Waals surface area contributed by atoms with E-state index in [1.807, 2.05) is 13.8 Å². The molecule has 1 amide bonds. The molecule has 3 rings (SSSR count). The van der Waals surface area contributed by atoms with Crippen LogP contribution in [0, 0.1) is 5.92 Å². The summed E-state index contributed by atoms with van der Waals surface area (Å²) in [5.74, 6) is -3.08. The lowest BCUT2D eigenvalue weighted by Crippen LogP contribution is -2.53. The van der Waals surface area contributed by atoms with Crippen LogP contribution >= 0.6 is 0 Å². The maximum atomic E-state index is 12.7. The van der Waals surface area contributed by atoms with Gasteiger partial charge in [-0.05, 0) is 24.0 Å². The van der Waals surface area contributed by atoms with Crippen LogP contribution in [0.4, 0.5) is 13.2 Å². The Morgan fingerprint density at radius 3 is 2.65 bits per heavy atom. The highest BCUT2D eigenvalue weighted by Gasteiger charge is 2.38. The van der Waals surface area contributed by atoms with E-state index in [9.17, 15) is 32.6 Å². The number of amides is 1. The van der Waals surface area contributed by atoms with Crippen LogP contribution in [-0.2, 0) is 29.0 Å². The zero-order valence-electron chi connectivity index (χ0n) is 18.4. The SMILES string of the molecule is CC(C)Cc1oc(=O)oc1COC(=O)c1cccc2c1OB(O)[C@@H](NC(=O)CCC(F)(F)F)C2. The van der Waals surface area contributed by atoms with E-state index in [0.29, 0.717) is 12.0 Å². The minimum absolute atomic E-state index is 0.0184. The van der Waals surface area contributed by atoms with Crippen molar-refractivity contribution in [2.45, 2.75) is 58.3 Å². The van der Waals surface area contributed by atoms with Gasteiger partial charge in [-0.15, -0.1) is 0 Å². The fourth-order valence-corrected chi connectivity index (χ4v) is 3.42. The van der Waals surface area contributed by atoms with Crippen LogP contribution in [-0.4, -0.2) is 36.1 Å². The van der Waals surface area contributed by atoms with Gasteiger partial charge in [-0.2, -0.15) is 13.2 Å². The molecule has 0 saturated carbocycles. The number of esters is 1. The van der Waals surface area contributed by atoms with Crippen LogP contribution in [0.25, 0.3) is 0 Å². The number of benzene rings is 1. The molecule has 0 saturated heterocycles. The lowest BCUT2D eigenvalue weighted by Gasteiger charge is -2.29. The molecular weight excluding hydrogens is 462 g/mol. The van der Waals surface area contributed by atoms with Crippen LogP contribution in [0.15, 0.2) is 31.8 Å². The first kappa shape index (κ1) is 25.4. The van der Waals surface area contributed by atoms with E-state index in [1.54, 1.807) is 6.07 Å². The summed E-state index contributed by atoms with van der Waals surface area (Å²) in [5.41, 5.74) is 0.422.